The number of aliphatic hydroxyl groups excluding tert-OH is 1. The largest absolute Gasteiger partial charge is 0.391 e. The van der Waals surface area contributed by atoms with Gasteiger partial charge in [0.15, 0.2) is 0 Å². The molecule has 2 unspecified atom stereocenters. The lowest BCUT2D eigenvalue weighted by atomic mass is 9.92. The van der Waals surface area contributed by atoms with Crippen molar-refractivity contribution < 1.29 is 9.90 Å². The average Bonchev–Trinajstić information content (AvgIpc) is 2.32. The third kappa shape index (κ3) is 3.57. The second-order valence-corrected chi connectivity index (χ2v) is 5.19. The molecule has 1 aromatic rings. The highest BCUT2D eigenvalue weighted by molar-refractivity contribution is 5.79. The quantitative estimate of drug-likeness (QED) is 0.857. The summed E-state index contributed by atoms with van der Waals surface area (Å²) in [5.74, 6) is 0.00606. The van der Waals surface area contributed by atoms with Gasteiger partial charge >= 0.3 is 0 Å². The molecule has 1 fully saturated rings. The predicted octanol–water partition coefficient (Wildman–Crippen LogP) is 1.96. The number of rotatable bonds is 3. The molecule has 1 amide bonds. The normalized spacial score (nSPS) is 23.7. The van der Waals surface area contributed by atoms with E-state index in [1.165, 1.54) is 0 Å². The monoisotopic (exact) mass is 247 g/mol. The van der Waals surface area contributed by atoms with Gasteiger partial charge in [-0.05, 0) is 25.3 Å². The Bertz CT molecular complexity index is 417. The van der Waals surface area contributed by atoms with Crippen LogP contribution in [0.5, 0.6) is 0 Å². The first kappa shape index (κ1) is 13.1. The number of hydrogen-bond donors (Lipinski definition) is 2. The number of hydrogen-bond acceptors (Lipinski definition) is 2. The van der Waals surface area contributed by atoms with Gasteiger partial charge in [0, 0.05) is 0 Å². The molecule has 0 heterocycles. The van der Waals surface area contributed by atoms with Crippen molar-refractivity contribution >= 4 is 5.91 Å². The zero-order valence-corrected chi connectivity index (χ0v) is 10.9. The summed E-state index contributed by atoms with van der Waals surface area (Å²) in [7, 11) is 0. The van der Waals surface area contributed by atoms with Crippen LogP contribution in [0.4, 0.5) is 0 Å². The van der Waals surface area contributed by atoms with Crippen LogP contribution < -0.4 is 5.32 Å². The van der Waals surface area contributed by atoms with E-state index >= 15 is 0 Å². The minimum Gasteiger partial charge on any atom is -0.391 e. The smallest absolute Gasteiger partial charge is 0.224 e. The highest BCUT2D eigenvalue weighted by Crippen LogP contribution is 2.18. The first-order valence-electron chi connectivity index (χ1n) is 6.68. The van der Waals surface area contributed by atoms with Crippen molar-refractivity contribution in [3.8, 4) is 0 Å². The summed E-state index contributed by atoms with van der Waals surface area (Å²) < 4.78 is 0. The highest BCUT2D eigenvalue weighted by atomic mass is 16.3. The fourth-order valence-electron chi connectivity index (χ4n) is 2.54. The molecule has 3 nitrogen and oxygen atoms in total. The van der Waals surface area contributed by atoms with Gasteiger partial charge in [-0.3, -0.25) is 4.79 Å². The topological polar surface area (TPSA) is 49.3 Å². The molecule has 2 atom stereocenters. The summed E-state index contributed by atoms with van der Waals surface area (Å²) in [5, 5.41) is 12.8. The lowest BCUT2D eigenvalue weighted by Gasteiger charge is -2.28. The van der Waals surface area contributed by atoms with Crippen LogP contribution in [0, 0.1) is 6.92 Å². The number of amides is 1. The van der Waals surface area contributed by atoms with E-state index in [2.05, 4.69) is 5.32 Å². The van der Waals surface area contributed by atoms with Crippen LogP contribution in [0.25, 0.3) is 0 Å². The fourth-order valence-corrected chi connectivity index (χ4v) is 2.54. The third-order valence-electron chi connectivity index (χ3n) is 3.52. The Morgan fingerprint density at radius 2 is 2.17 bits per heavy atom. The summed E-state index contributed by atoms with van der Waals surface area (Å²) in [4.78, 5) is 11.9. The van der Waals surface area contributed by atoms with Gasteiger partial charge in [0.2, 0.25) is 5.91 Å². The molecule has 1 saturated carbocycles. The van der Waals surface area contributed by atoms with Crippen LogP contribution in [0.1, 0.15) is 36.8 Å². The Morgan fingerprint density at radius 3 is 2.89 bits per heavy atom. The lowest BCUT2D eigenvalue weighted by Crippen LogP contribution is -2.45. The van der Waals surface area contributed by atoms with E-state index < -0.39 is 0 Å². The molecule has 1 aliphatic rings. The Hall–Kier alpha value is -1.35. The van der Waals surface area contributed by atoms with Gasteiger partial charge in [-0.25, -0.2) is 0 Å². The first-order valence-corrected chi connectivity index (χ1v) is 6.68. The summed E-state index contributed by atoms with van der Waals surface area (Å²) in [5.41, 5.74) is 2.19. The SMILES string of the molecule is Cc1cccc(CC(=O)NC2CCCCC2O)c1. The van der Waals surface area contributed by atoms with Crippen molar-refractivity contribution in [1.29, 1.82) is 0 Å². The van der Waals surface area contributed by atoms with Gasteiger partial charge in [0.05, 0.1) is 18.6 Å². The summed E-state index contributed by atoms with van der Waals surface area (Å²) in [6.45, 7) is 2.02. The van der Waals surface area contributed by atoms with Gasteiger partial charge in [-0.1, -0.05) is 42.7 Å². The molecule has 1 aliphatic carbocycles. The van der Waals surface area contributed by atoms with E-state index in [9.17, 15) is 9.90 Å². The van der Waals surface area contributed by atoms with Crippen LogP contribution >= 0.6 is 0 Å². The number of nitrogens with one attached hydrogen (secondary N) is 1. The predicted molar refractivity (Wildman–Crippen MR) is 71.3 cm³/mol. The van der Waals surface area contributed by atoms with Crippen molar-refractivity contribution in [2.24, 2.45) is 0 Å². The van der Waals surface area contributed by atoms with Gasteiger partial charge in [0.25, 0.3) is 0 Å². The zero-order chi connectivity index (χ0) is 13.0. The lowest BCUT2D eigenvalue weighted by molar-refractivity contribution is -0.122. The molecule has 1 aromatic carbocycles. The van der Waals surface area contributed by atoms with Crippen LogP contribution in [-0.2, 0) is 11.2 Å². The second-order valence-electron chi connectivity index (χ2n) is 5.19. The van der Waals surface area contributed by atoms with E-state index in [1.54, 1.807) is 0 Å². The zero-order valence-electron chi connectivity index (χ0n) is 10.9. The first-order chi connectivity index (χ1) is 8.65. The summed E-state index contributed by atoms with van der Waals surface area (Å²) >= 11 is 0. The molecule has 0 bridgehead atoms. The standard InChI is InChI=1S/C15H21NO2/c1-11-5-4-6-12(9-11)10-15(18)16-13-7-2-3-8-14(13)17/h4-6,9,13-14,17H,2-3,7-8,10H2,1H3,(H,16,18). The van der Waals surface area contributed by atoms with E-state index in [0.717, 1.165) is 36.8 Å². The summed E-state index contributed by atoms with van der Waals surface area (Å²) in [6.07, 6.45) is 3.86. The van der Waals surface area contributed by atoms with Crippen molar-refractivity contribution in [3.05, 3.63) is 35.4 Å². The molecule has 0 radical (unpaired) electrons. The molecule has 98 valence electrons. The molecule has 3 heteroatoms. The maximum atomic E-state index is 11.9. The molecule has 2 N–H and O–H groups in total. The maximum absolute atomic E-state index is 11.9. The van der Waals surface area contributed by atoms with Crippen LogP contribution in [0.2, 0.25) is 0 Å². The number of carbonyl (C=O) groups excluding carboxylic acids is 1. The molecule has 0 aliphatic heterocycles. The van der Waals surface area contributed by atoms with E-state index in [0.29, 0.717) is 6.42 Å². The molecular weight excluding hydrogens is 226 g/mol. The molecule has 2 rings (SSSR count). The minimum atomic E-state index is -0.375. The van der Waals surface area contributed by atoms with Crippen molar-refractivity contribution in [2.45, 2.75) is 51.2 Å². The van der Waals surface area contributed by atoms with Crippen molar-refractivity contribution in [1.82, 2.24) is 5.32 Å². The maximum Gasteiger partial charge on any atom is 0.224 e. The summed E-state index contributed by atoms with van der Waals surface area (Å²) in [6, 6.07) is 7.91. The highest BCUT2D eigenvalue weighted by Gasteiger charge is 2.24. The molecule has 0 saturated heterocycles. The Morgan fingerprint density at radius 1 is 1.39 bits per heavy atom. The minimum absolute atomic E-state index is 0.00606. The van der Waals surface area contributed by atoms with Gasteiger partial charge < -0.3 is 10.4 Å². The molecule has 18 heavy (non-hydrogen) atoms. The third-order valence-corrected chi connectivity index (χ3v) is 3.52. The van der Waals surface area contributed by atoms with E-state index in [1.807, 2.05) is 31.2 Å². The Labute approximate surface area is 108 Å². The molecule has 0 aromatic heterocycles. The van der Waals surface area contributed by atoms with Gasteiger partial charge in [-0.15, -0.1) is 0 Å². The fraction of sp³-hybridized carbons (Fsp3) is 0.533. The van der Waals surface area contributed by atoms with Crippen LogP contribution in [0.3, 0.4) is 0 Å². The number of aryl methyl sites for hydroxylation is 1. The van der Waals surface area contributed by atoms with Crippen LogP contribution in [-0.4, -0.2) is 23.2 Å². The Balaban J connectivity index is 1.88. The van der Waals surface area contributed by atoms with Crippen molar-refractivity contribution in [3.63, 3.8) is 0 Å². The Kier molecular flexibility index (Phi) is 4.37. The number of benzene rings is 1. The van der Waals surface area contributed by atoms with Crippen molar-refractivity contribution in [2.75, 3.05) is 0 Å². The van der Waals surface area contributed by atoms with Gasteiger partial charge in [-0.2, -0.15) is 0 Å². The van der Waals surface area contributed by atoms with E-state index in [-0.39, 0.29) is 18.1 Å². The van der Waals surface area contributed by atoms with E-state index in [4.69, 9.17) is 0 Å². The molecule has 0 spiro atoms. The number of carbonyl (C=O) groups is 1. The second kappa shape index (κ2) is 6.01. The van der Waals surface area contributed by atoms with Gasteiger partial charge in [0.1, 0.15) is 0 Å². The van der Waals surface area contributed by atoms with Crippen LogP contribution in [0.15, 0.2) is 24.3 Å². The molecular formula is C15H21NO2. The average molecular weight is 247 g/mol. The number of aliphatic hydroxyl groups is 1.